The Kier molecular flexibility index (Phi) is 5.00. The van der Waals surface area contributed by atoms with Crippen LogP contribution in [0.4, 0.5) is 5.69 Å². The van der Waals surface area contributed by atoms with E-state index in [9.17, 15) is 4.79 Å². The van der Waals surface area contributed by atoms with Crippen molar-refractivity contribution < 1.29 is 14.1 Å². The summed E-state index contributed by atoms with van der Waals surface area (Å²) in [6.07, 6.45) is 0. The van der Waals surface area contributed by atoms with E-state index >= 15 is 0 Å². The van der Waals surface area contributed by atoms with Crippen molar-refractivity contribution in [3.8, 4) is 27.6 Å². The van der Waals surface area contributed by atoms with Crippen molar-refractivity contribution in [3.63, 3.8) is 0 Å². The molecule has 5 rings (SSSR count). The zero-order valence-electron chi connectivity index (χ0n) is 16.9. The maximum Gasteiger partial charge on any atom is 0.265 e. The number of rotatable bonds is 4. The normalized spacial score (nSPS) is 13.3. The highest BCUT2D eigenvalue weighted by molar-refractivity contribution is 7.13. The van der Waals surface area contributed by atoms with Crippen molar-refractivity contribution in [1.82, 2.24) is 10.1 Å². The van der Waals surface area contributed by atoms with Gasteiger partial charge in [-0.3, -0.25) is 4.79 Å². The largest absolute Gasteiger partial charge is 0.482 e. The molecular formula is C23H18ClN3O3S. The van der Waals surface area contributed by atoms with Crippen molar-refractivity contribution in [3.05, 3.63) is 69.9 Å². The van der Waals surface area contributed by atoms with Crippen molar-refractivity contribution in [1.29, 1.82) is 0 Å². The molecule has 0 atom stereocenters. The average Bonchev–Trinajstić information content (AvgIpc) is 3.38. The van der Waals surface area contributed by atoms with Crippen LogP contribution in [0.25, 0.3) is 21.8 Å². The molecule has 1 amide bonds. The molecule has 0 saturated heterocycles. The molecule has 31 heavy (non-hydrogen) atoms. The molecule has 2 aromatic heterocycles. The summed E-state index contributed by atoms with van der Waals surface area (Å²) in [6.45, 7) is 4.10. The first-order chi connectivity index (χ1) is 15.0. The summed E-state index contributed by atoms with van der Waals surface area (Å²) in [5.74, 6) is 1.26. The van der Waals surface area contributed by atoms with Crippen LogP contribution in [0.2, 0.25) is 5.02 Å². The van der Waals surface area contributed by atoms with Crippen molar-refractivity contribution in [2.45, 2.75) is 20.4 Å². The first kappa shape index (κ1) is 19.8. The number of hydrogen-bond acceptors (Lipinski definition) is 6. The van der Waals surface area contributed by atoms with Crippen LogP contribution >= 0.6 is 22.9 Å². The molecule has 0 radical (unpaired) electrons. The van der Waals surface area contributed by atoms with E-state index in [0.717, 1.165) is 33.1 Å². The lowest BCUT2D eigenvalue weighted by Crippen LogP contribution is -2.38. The van der Waals surface area contributed by atoms with E-state index in [1.54, 1.807) is 4.90 Å². The fourth-order valence-electron chi connectivity index (χ4n) is 3.59. The Morgan fingerprint density at radius 1 is 1.19 bits per heavy atom. The number of aromatic nitrogens is 2. The molecule has 156 valence electrons. The predicted molar refractivity (Wildman–Crippen MR) is 121 cm³/mol. The second-order valence-corrected chi connectivity index (χ2v) is 8.54. The number of halogens is 1. The maximum atomic E-state index is 12.7. The molecule has 0 spiro atoms. The number of anilines is 1. The van der Waals surface area contributed by atoms with Gasteiger partial charge in [0.2, 0.25) is 0 Å². The molecule has 0 aliphatic carbocycles. The van der Waals surface area contributed by atoms with Crippen molar-refractivity contribution in [2.24, 2.45) is 0 Å². The lowest BCUT2D eigenvalue weighted by molar-refractivity contribution is -0.121. The quantitative estimate of drug-likeness (QED) is 0.400. The molecular weight excluding hydrogens is 434 g/mol. The van der Waals surface area contributed by atoms with Gasteiger partial charge in [0.25, 0.3) is 5.91 Å². The monoisotopic (exact) mass is 451 g/mol. The van der Waals surface area contributed by atoms with Gasteiger partial charge in [-0.15, -0.1) is 11.3 Å². The summed E-state index contributed by atoms with van der Waals surface area (Å²) >= 11 is 7.86. The fraction of sp³-hybridized carbons (Fsp3) is 0.174. The van der Waals surface area contributed by atoms with E-state index in [1.165, 1.54) is 11.3 Å². The molecule has 0 bridgehead atoms. The third-order valence-electron chi connectivity index (χ3n) is 5.30. The molecule has 0 unspecified atom stereocenters. The van der Waals surface area contributed by atoms with Crippen LogP contribution in [0, 0.1) is 13.8 Å². The Hall–Kier alpha value is -3.16. The van der Waals surface area contributed by atoms with Gasteiger partial charge in [0.1, 0.15) is 16.5 Å². The number of nitrogens with zero attached hydrogens (tertiary/aromatic N) is 3. The van der Waals surface area contributed by atoms with Gasteiger partial charge in [-0.2, -0.15) is 0 Å². The lowest BCUT2D eigenvalue weighted by atomic mass is 10.1. The van der Waals surface area contributed by atoms with Crippen LogP contribution in [-0.4, -0.2) is 22.7 Å². The Morgan fingerprint density at radius 2 is 2.03 bits per heavy atom. The number of benzene rings is 2. The number of fused-ring (bicyclic) bond motifs is 1. The third-order valence-corrected chi connectivity index (χ3v) is 6.51. The summed E-state index contributed by atoms with van der Waals surface area (Å²) < 4.78 is 10.9. The van der Waals surface area contributed by atoms with Gasteiger partial charge in [0.05, 0.1) is 28.6 Å². The topological polar surface area (TPSA) is 68.5 Å². The number of aryl methyl sites for hydroxylation is 2. The molecule has 6 nitrogen and oxygen atoms in total. The van der Waals surface area contributed by atoms with Gasteiger partial charge in [0.15, 0.2) is 6.61 Å². The van der Waals surface area contributed by atoms with E-state index in [-0.39, 0.29) is 12.5 Å². The summed E-state index contributed by atoms with van der Waals surface area (Å²) in [5.41, 5.74) is 5.01. The highest BCUT2D eigenvalue weighted by Crippen LogP contribution is 2.39. The highest BCUT2D eigenvalue weighted by Gasteiger charge is 2.28. The van der Waals surface area contributed by atoms with Crippen LogP contribution in [0.3, 0.4) is 0 Å². The Morgan fingerprint density at radius 3 is 2.81 bits per heavy atom. The highest BCUT2D eigenvalue weighted by atomic mass is 35.5. The SMILES string of the molecule is Cc1noc(C)c1CN1C(=O)COc2ccc(-c3csc(-c4ccccc4Cl)n3)cc21. The summed E-state index contributed by atoms with van der Waals surface area (Å²) in [5, 5.41) is 7.50. The molecule has 4 aromatic rings. The van der Waals surface area contributed by atoms with E-state index < -0.39 is 0 Å². The summed E-state index contributed by atoms with van der Waals surface area (Å²) in [7, 11) is 0. The minimum absolute atomic E-state index is 0.00305. The number of carbonyl (C=O) groups excluding carboxylic acids is 1. The van der Waals surface area contributed by atoms with Crippen LogP contribution in [-0.2, 0) is 11.3 Å². The Bertz CT molecular complexity index is 1280. The van der Waals surface area contributed by atoms with Crippen LogP contribution in [0.5, 0.6) is 5.75 Å². The lowest BCUT2D eigenvalue weighted by Gasteiger charge is -2.29. The molecule has 1 aliphatic rings. The first-order valence-electron chi connectivity index (χ1n) is 9.71. The predicted octanol–water partition coefficient (Wildman–Crippen LogP) is 5.66. The van der Waals surface area contributed by atoms with Crippen LogP contribution < -0.4 is 9.64 Å². The molecule has 1 aliphatic heterocycles. The van der Waals surface area contributed by atoms with E-state index in [4.69, 9.17) is 25.8 Å². The minimum Gasteiger partial charge on any atom is -0.482 e. The van der Waals surface area contributed by atoms with Crippen molar-refractivity contribution >= 4 is 34.5 Å². The number of thiazole rings is 1. The third kappa shape index (κ3) is 3.60. The van der Waals surface area contributed by atoms with E-state index in [1.807, 2.05) is 61.7 Å². The van der Waals surface area contributed by atoms with Gasteiger partial charge in [-0.25, -0.2) is 4.98 Å². The van der Waals surface area contributed by atoms with Gasteiger partial charge < -0.3 is 14.2 Å². The summed E-state index contributed by atoms with van der Waals surface area (Å²) in [4.78, 5) is 19.2. The summed E-state index contributed by atoms with van der Waals surface area (Å²) in [6, 6.07) is 13.4. The number of hydrogen-bond donors (Lipinski definition) is 0. The zero-order valence-corrected chi connectivity index (χ0v) is 18.5. The van der Waals surface area contributed by atoms with E-state index in [2.05, 4.69) is 5.16 Å². The van der Waals surface area contributed by atoms with Crippen LogP contribution in [0.1, 0.15) is 17.0 Å². The second-order valence-electron chi connectivity index (χ2n) is 7.27. The molecule has 0 saturated carbocycles. The van der Waals surface area contributed by atoms with Crippen molar-refractivity contribution in [2.75, 3.05) is 11.5 Å². The second kappa shape index (κ2) is 7.83. The molecule has 0 fully saturated rings. The number of amides is 1. The van der Waals surface area contributed by atoms with E-state index in [0.29, 0.717) is 28.8 Å². The average molecular weight is 452 g/mol. The fourth-order valence-corrected chi connectivity index (χ4v) is 4.73. The Labute approximate surface area is 188 Å². The van der Waals surface area contributed by atoms with Gasteiger partial charge >= 0.3 is 0 Å². The standard InChI is InChI=1S/C23H18ClN3O3S/c1-13-17(14(2)30-26-13)10-27-20-9-15(7-8-21(20)29-11-22(27)28)19-12-31-23(25-19)16-5-3-4-6-18(16)24/h3-9,12H,10-11H2,1-2H3. The molecule has 2 aromatic carbocycles. The van der Waals surface area contributed by atoms with Crippen LogP contribution in [0.15, 0.2) is 52.4 Å². The van der Waals surface area contributed by atoms with Gasteiger partial charge in [0, 0.05) is 22.1 Å². The Balaban J connectivity index is 1.52. The van der Waals surface area contributed by atoms with Gasteiger partial charge in [-0.1, -0.05) is 35.0 Å². The number of ether oxygens (including phenoxy) is 1. The van der Waals surface area contributed by atoms with Gasteiger partial charge in [-0.05, 0) is 38.1 Å². The minimum atomic E-state index is -0.111. The number of carbonyl (C=O) groups is 1. The smallest absolute Gasteiger partial charge is 0.265 e. The first-order valence-corrected chi connectivity index (χ1v) is 11.0. The zero-order chi connectivity index (χ0) is 21.5. The molecule has 8 heteroatoms. The molecule has 3 heterocycles. The maximum absolute atomic E-state index is 12.7. The molecule has 0 N–H and O–H groups in total.